The number of nitrogens with zero attached hydrogens (tertiary/aromatic N) is 2. The van der Waals surface area contributed by atoms with Crippen LogP contribution >= 0.6 is 15.9 Å². The second kappa shape index (κ2) is 4.89. The highest BCUT2D eigenvalue weighted by Crippen LogP contribution is 2.20. The van der Waals surface area contributed by atoms with Gasteiger partial charge in [-0.3, -0.25) is 9.88 Å². The van der Waals surface area contributed by atoms with Crippen molar-refractivity contribution in [3.8, 4) is 0 Å². The number of hydrogen-bond donors (Lipinski definition) is 0. The standard InChI is InChI=1S/C11H15BrN2/c12-8-11-5-3-7-14(11)9-10-4-1-2-6-13-10/h1-2,4,6,11H,3,5,7-9H2. The molecule has 1 atom stereocenters. The van der Waals surface area contributed by atoms with Crippen LogP contribution in [-0.2, 0) is 6.54 Å². The first-order chi connectivity index (χ1) is 6.90. The van der Waals surface area contributed by atoms with Crippen LogP contribution in [0.25, 0.3) is 0 Å². The van der Waals surface area contributed by atoms with Crippen molar-refractivity contribution in [2.45, 2.75) is 25.4 Å². The summed E-state index contributed by atoms with van der Waals surface area (Å²) in [5.74, 6) is 0. The van der Waals surface area contributed by atoms with E-state index in [0.29, 0.717) is 6.04 Å². The minimum atomic E-state index is 0.706. The van der Waals surface area contributed by atoms with Crippen LogP contribution in [0.2, 0.25) is 0 Å². The molecule has 0 aliphatic carbocycles. The number of halogens is 1. The second-order valence-electron chi connectivity index (χ2n) is 3.74. The third kappa shape index (κ3) is 2.34. The fourth-order valence-electron chi connectivity index (χ4n) is 1.98. The fourth-order valence-corrected chi connectivity index (χ4v) is 2.71. The molecule has 0 spiro atoms. The maximum absolute atomic E-state index is 4.35. The number of likely N-dealkylation sites (tertiary alicyclic amines) is 1. The van der Waals surface area contributed by atoms with Crippen molar-refractivity contribution in [1.82, 2.24) is 9.88 Å². The Balaban J connectivity index is 1.97. The summed E-state index contributed by atoms with van der Waals surface area (Å²) in [4.78, 5) is 6.86. The van der Waals surface area contributed by atoms with Crippen LogP contribution in [0.15, 0.2) is 24.4 Å². The number of pyridine rings is 1. The van der Waals surface area contributed by atoms with Crippen LogP contribution in [-0.4, -0.2) is 27.8 Å². The average molecular weight is 255 g/mol. The van der Waals surface area contributed by atoms with E-state index < -0.39 is 0 Å². The van der Waals surface area contributed by atoms with Gasteiger partial charge in [-0.1, -0.05) is 22.0 Å². The Kier molecular flexibility index (Phi) is 3.54. The number of rotatable bonds is 3. The van der Waals surface area contributed by atoms with E-state index in [1.807, 2.05) is 12.3 Å². The normalized spacial score (nSPS) is 22.8. The molecule has 0 amide bonds. The molecule has 2 heterocycles. The van der Waals surface area contributed by atoms with Gasteiger partial charge in [0.15, 0.2) is 0 Å². The molecular formula is C11H15BrN2. The molecule has 76 valence electrons. The molecule has 0 aromatic carbocycles. The molecule has 1 aromatic heterocycles. The fraction of sp³-hybridized carbons (Fsp3) is 0.545. The Hall–Kier alpha value is -0.410. The molecule has 14 heavy (non-hydrogen) atoms. The highest BCUT2D eigenvalue weighted by molar-refractivity contribution is 9.09. The van der Waals surface area contributed by atoms with Gasteiger partial charge in [0.25, 0.3) is 0 Å². The molecule has 1 aromatic rings. The zero-order valence-corrected chi connectivity index (χ0v) is 9.78. The lowest BCUT2D eigenvalue weighted by molar-refractivity contribution is 0.262. The van der Waals surface area contributed by atoms with E-state index in [4.69, 9.17) is 0 Å². The maximum Gasteiger partial charge on any atom is 0.0544 e. The smallest absolute Gasteiger partial charge is 0.0544 e. The first kappa shape index (κ1) is 10.1. The summed E-state index contributed by atoms with van der Waals surface area (Å²) >= 11 is 3.57. The lowest BCUT2D eigenvalue weighted by Crippen LogP contribution is -2.30. The molecule has 0 bridgehead atoms. The SMILES string of the molecule is BrCC1CCCN1Cc1ccccn1. The Morgan fingerprint density at radius 2 is 2.43 bits per heavy atom. The summed E-state index contributed by atoms with van der Waals surface area (Å²) < 4.78 is 0. The van der Waals surface area contributed by atoms with E-state index >= 15 is 0 Å². The van der Waals surface area contributed by atoms with E-state index in [-0.39, 0.29) is 0 Å². The Morgan fingerprint density at radius 1 is 1.50 bits per heavy atom. The molecular weight excluding hydrogens is 240 g/mol. The van der Waals surface area contributed by atoms with E-state index in [9.17, 15) is 0 Å². The highest BCUT2D eigenvalue weighted by atomic mass is 79.9. The van der Waals surface area contributed by atoms with Crippen molar-refractivity contribution in [2.24, 2.45) is 0 Å². The van der Waals surface area contributed by atoms with E-state index in [0.717, 1.165) is 11.9 Å². The van der Waals surface area contributed by atoms with Gasteiger partial charge in [0.05, 0.1) is 5.69 Å². The molecule has 0 radical (unpaired) electrons. The van der Waals surface area contributed by atoms with Gasteiger partial charge in [0, 0.05) is 24.1 Å². The quantitative estimate of drug-likeness (QED) is 0.771. The first-order valence-electron chi connectivity index (χ1n) is 5.10. The van der Waals surface area contributed by atoms with Crippen LogP contribution in [0.4, 0.5) is 0 Å². The van der Waals surface area contributed by atoms with Crippen LogP contribution in [0.5, 0.6) is 0 Å². The minimum absolute atomic E-state index is 0.706. The van der Waals surface area contributed by atoms with Gasteiger partial charge in [0.1, 0.15) is 0 Å². The van der Waals surface area contributed by atoms with E-state index in [1.54, 1.807) is 0 Å². The third-order valence-corrected chi connectivity index (χ3v) is 3.52. The predicted molar refractivity (Wildman–Crippen MR) is 61.5 cm³/mol. The molecule has 0 N–H and O–H groups in total. The maximum atomic E-state index is 4.35. The molecule has 0 saturated carbocycles. The van der Waals surface area contributed by atoms with Crippen LogP contribution in [0.3, 0.4) is 0 Å². The Bertz CT molecular complexity index is 276. The molecule has 1 aliphatic rings. The molecule has 1 saturated heterocycles. The summed E-state index contributed by atoms with van der Waals surface area (Å²) in [7, 11) is 0. The van der Waals surface area contributed by atoms with Crippen molar-refractivity contribution in [1.29, 1.82) is 0 Å². The van der Waals surface area contributed by atoms with Gasteiger partial charge in [-0.05, 0) is 31.5 Å². The number of hydrogen-bond acceptors (Lipinski definition) is 2. The molecule has 1 aliphatic heterocycles. The van der Waals surface area contributed by atoms with Gasteiger partial charge >= 0.3 is 0 Å². The van der Waals surface area contributed by atoms with Crippen molar-refractivity contribution in [3.05, 3.63) is 30.1 Å². The van der Waals surface area contributed by atoms with Gasteiger partial charge < -0.3 is 0 Å². The summed E-state index contributed by atoms with van der Waals surface area (Å²) in [5, 5.41) is 1.08. The Morgan fingerprint density at radius 3 is 3.14 bits per heavy atom. The lowest BCUT2D eigenvalue weighted by Gasteiger charge is -2.21. The Labute approximate surface area is 93.5 Å². The highest BCUT2D eigenvalue weighted by Gasteiger charge is 2.23. The van der Waals surface area contributed by atoms with Crippen LogP contribution in [0, 0.1) is 0 Å². The van der Waals surface area contributed by atoms with Crippen LogP contribution < -0.4 is 0 Å². The minimum Gasteiger partial charge on any atom is -0.294 e. The lowest BCUT2D eigenvalue weighted by atomic mass is 10.2. The van der Waals surface area contributed by atoms with Gasteiger partial charge in [-0.2, -0.15) is 0 Å². The summed E-state index contributed by atoms with van der Waals surface area (Å²) in [6.45, 7) is 2.21. The summed E-state index contributed by atoms with van der Waals surface area (Å²) in [6, 6.07) is 6.83. The molecule has 2 rings (SSSR count). The van der Waals surface area contributed by atoms with Crippen molar-refractivity contribution in [3.63, 3.8) is 0 Å². The first-order valence-corrected chi connectivity index (χ1v) is 6.22. The van der Waals surface area contributed by atoms with Crippen molar-refractivity contribution in [2.75, 3.05) is 11.9 Å². The molecule has 3 heteroatoms. The van der Waals surface area contributed by atoms with Gasteiger partial charge in [-0.25, -0.2) is 0 Å². The summed E-state index contributed by atoms with van der Waals surface area (Å²) in [5.41, 5.74) is 1.18. The van der Waals surface area contributed by atoms with Gasteiger partial charge in [0.2, 0.25) is 0 Å². The van der Waals surface area contributed by atoms with E-state index in [1.165, 1.54) is 25.1 Å². The monoisotopic (exact) mass is 254 g/mol. The average Bonchev–Trinajstić information content (AvgIpc) is 2.67. The zero-order chi connectivity index (χ0) is 9.80. The van der Waals surface area contributed by atoms with Crippen molar-refractivity contribution >= 4 is 15.9 Å². The topological polar surface area (TPSA) is 16.1 Å². The molecule has 1 unspecified atom stereocenters. The molecule has 2 nitrogen and oxygen atoms in total. The number of aromatic nitrogens is 1. The largest absolute Gasteiger partial charge is 0.294 e. The zero-order valence-electron chi connectivity index (χ0n) is 8.19. The third-order valence-electron chi connectivity index (χ3n) is 2.77. The predicted octanol–water partition coefficient (Wildman–Crippen LogP) is 2.44. The van der Waals surface area contributed by atoms with E-state index in [2.05, 4.69) is 37.9 Å². The van der Waals surface area contributed by atoms with Gasteiger partial charge in [-0.15, -0.1) is 0 Å². The summed E-state index contributed by atoms with van der Waals surface area (Å²) in [6.07, 6.45) is 4.51. The van der Waals surface area contributed by atoms with Crippen LogP contribution in [0.1, 0.15) is 18.5 Å². The second-order valence-corrected chi connectivity index (χ2v) is 4.39. The van der Waals surface area contributed by atoms with Crippen molar-refractivity contribution < 1.29 is 0 Å². The molecule has 1 fully saturated rings. The number of alkyl halides is 1.